The topological polar surface area (TPSA) is 40.5 Å². The first-order valence-corrected chi connectivity index (χ1v) is 10.7. The molecule has 1 unspecified atom stereocenters. The van der Waals surface area contributed by atoms with Gasteiger partial charge in [0.2, 0.25) is 0 Å². The van der Waals surface area contributed by atoms with Crippen molar-refractivity contribution in [3.63, 3.8) is 0 Å². The number of guanidine groups is 1. The number of thiazole rings is 1. The molecule has 1 fully saturated rings. The molecule has 1 aromatic carbocycles. The molecule has 0 spiro atoms. The highest BCUT2D eigenvalue weighted by molar-refractivity contribution is 14.0. The second kappa shape index (κ2) is 11.6. The third-order valence-electron chi connectivity index (χ3n) is 4.82. The van der Waals surface area contributed by atoms with Gasteiger partial charge in [-0.05, 0) is 37.7 Å². The van der Waals surface area contributed by atoms with Crippen molar-refractivity contribution in [2.24, 2.45) is 10.9 Å². The highest BCUT2D eigenvalue weighted by Gasteiger charge is 2.24. The quantitative estimate of drug-likeness (QED) is 0.350. The molecule has 27 heavy (non-hydrogen) atoms. The van der Waals surface area contributed by atoms with Crippen LogP contribution < -0.4 is 5.32 Å². The van der Waals surface area contributed by atoms with E-state index in [4.69, 9.17) is 4.99 Å². The van der Waals surface area contributed by atoms with Gasteiger partial charge in [0.25, 0.3) is 0 Å². The minimum atomic E-state index is 0. The molecule has 0 radical (unpaired) electrons. The van der Waals surface area contributed by atoms with Crippen molar-refractivity contribution in [2.45, 2.75) is 39.5 Å². The van der Waals surface area contributed by atoms with E-state index in [1.165, 1.54) is 22.7 Å². The number of nitrogens with zero attached hydrogens (tertiary/aromatic N) is 3. The fourth-order valence-electron chi connectivity index (χ4n) is 3.47. The average molecular weight is 498 g/mol. The molecule has 1 aliphatic heterocycles. The molecule has 0 aliphatic carbocycles. The number of aliphatic imine (C=N–C) groups is 1. The Morgan fingerprint density at radius 3 is 2.81 bits per heavy atom. The van der Waals surface area contributed by atoms with E-state index in [9.17, 15) is 0 Å². The first-order chi connectivity index (χ1) is 12.8. The fraction of sp³-hybridized carbons (Fsp3) is 0.524. The van der Waals surface area contributed by atoms with Gasteiger partial charge < -0.3 is 10.2 Å². The zero-order chi connectivity index (χ0) is 18.2. The van der Waals surface area contributed by atoms with Crippen LogP contribution in [0.15, 0.2) is 40.7 Å². The van der Waals surface area contributed by atoms with E-state index in [1.54, 1.807) is 11.3 Å². The van der Waals surface area contributed by atoms with Gasteiger partial charge in [-0.1, -0.05) is 37.3 Å². The highest BCUT2D eigenvalue weighted by Crippen LogP contribution is 2.21. The van der Waals surface area contributed by atoms with E-state index < -0.39 is 0 Å². The third-order valence-corrected chi connectivity index (χ3v) is 5.86. The van der Waals surface area contributed by atoms with Gasteiger partial charge in [-0.25, -0.2) is 4.98 Å². The third kappa shape index (κ3) is 6.75. The second-order valence-corrected chi connectivity index (χ2v) is 7.80. The molecule has 1 saturated heterocycles. The molecule has 1 atom stereocenters. The molecule has 1 aromatic heterocycles. The fourth-order valence-corrected chi connectivity index (χ4v) is 4.25. The van der Waals surface area contributed by atoms with E-state index in [0.717, 1.165) is 51.4 Å². The minimum absolute atomic E-state index is 0. The van der Waals surface area contributed by atoms with Crippen molar-refractivity contribution in [3.05, 3.63) is 52.0 Å². The van der Waals surface area contributed by atoms with Crippen molar-refractivity contribution in [1.29, 1.82) is 0 Å². The van der Waals surface area contributed by atoms with E-state index in [0.29, 0.717) is 5.92 Å². The number of aryl methyl sites for hydroxylation is 1. The van der Waals surface area contributed by atoms with Crippen LogP contribution in [0.2, 0.25) is 0 Å². The Morgan fingerprint density at radius 1 is 1.30 bits per heavy atom. The lowest BCUT2D eigenvalue weighted by atomic mass is 9.99. The molecule has 1 aliphatic rings. The Labute approximate surface area is 184 Å². The predicted molar refractivity (Wildman–Crippen MR) is 126 cm³/mol. The van der Waals surface area contributed by atoms with Gasteiger partial charge in [0.05, 0.1) is 10.7 Å². The summed E-state index contributed by atoms with van der Waals surface area (Å²) in [5, 5.41) is 6.86. The molecular weight excluding hydrogens is 467 g/mol. The Balaban J connectivity index is 0.00000261. The largest absolute Gasteiger partial charge is 0.357 e. The van der Waals surface area contributed by atoms with Crippen LogP contribution in [-0.2, 0) is 19.3 Å². The SMILES string of the molecule is CCNC(=NCCc1csc(CC)n1)N1CCC(Cc2ccccc2)C1.I. The molecule has 4 nitrogen and oxygen atoms in total. The summed E-state index contributed by atoms with van der Waals surface area (Å²) >= 11 is 1.76. The number of halogens is 1. The van der Waals surface area contributed by atoms with Crippen LogP contribution >= 0.6 is 35.3 Å². The monoisotopic (exact) mass is 498 g/mol. The van der Waals surface area contributed by atoms with E-state index >= 15 is 0 Å². The molecule has 2 aromatic rings. The van der Waals surface area contributed by atoms with Crippen LogP contribution in [0, 0.1) is 5.92 Å². The average Bonchev–Trinajstić information content (AvgIpc) is 3.31. The molecule has 0 saturated carbocycles. The van der Waals surface area contributed by atoms with Crippen LogP contribution in [0.3, 0.4) is 0 Å². The zero-order valence-electron chi connectivity index (χ0n) is 16.4. The summed E-state index contributed by atoms with van der Waals surface area (Å²) in [5.74, 6) is 1.78. The van der Waals surface area contributed by atoms with Crippen molar-refractivity contribution >= 4 is 41.3 Å². The minimum Gasteiger partial charge on any atom is -0.357 e. The van der Waals surface area contributed by atoms with Crippen LogP contribution in [-0.4, -0.2) is 42.0 Å². The van der Waals surface area contributed by atoms with E-state index in [-0.39, 0.29) is 24.0 Å². The smallest absolute Gasteiger partial charge is 0.193 e. The Morgan fingerprint density at radius 2 is 2.11 bits per heavy atom. The molecule has 0 bridgehead atoms. The second-order valence-electron chi connectivity index (χ2n) is 6.86. The van der Waals surface area contributed by atoms with E-state index in [1.807, 2.05) is 0 Å². The Hall–Kier alpha value is -1.15. The molecule has 2 heterocycles. The molecule has 3 rings (SSSR count). The summed E-state index contributed by atoms with van der Waals surface area (Å²) in [7, 11) is 0. The lowest BCUT2D eigenvalue weighted by Crippen LogP contribution is -2.40. The number of nitrogens with one attached hydrogen (secondary N) is 1. The summed E-state index contributed by atoms with van der Waals surface area (Å²) in [4.78, 5) is 11.9. The van der Waals surface area contributed by atoms with Crippen LogP contribution in [0.4, 0.5) is 0 Å². The Bertz CT molecular complexity index is 701. The molecular formula is C21H31IN4S. The molecule has 6 heteroatoms. The summed E-state index contributed by atoms with van der Waals surface area (Å²) in [6.07, 6.45) is 4.35. The van der Waals surface area contributed by atoms with Crippen molar-refractivity contribution in [2.75, 3.05) is 26.2 Å². The van der Waals surface area contributed by atoms with Crippen molar-refractivity contribution in [1.82, 2.24) is 15.2 Å². The van der Waals surface area contributed by atoms with Crippen molar-refractivity contribution in [3.8, 4) is 0 Å². The van der Waals surface area contributed by atoms with Gasteiger partial charge >= 0.3 is 0 Å². The number of likely N-dealkylation sites (tertiary alicyclic amines) is 1. The van der Waals surface area contributed by atoms with Gasteiger partial charge in [0.15, 0.2) is 5.96 Å². The number of benzene rings is 1. The van der Waals surface area contributed by atoms with Crippen LogP contribution in [0.1, 0.15) is 36.5 Å². The summed E-state index contributed by atoms with van der Waals surface area (Å²) < 4.78 is 0. The number of hydrogen-bond donors (Lipinski definition) is 1. The van der Waals surface area contributed by atoms with Gasteiger partial charge in [0.1, 0.15) is 0 Å². The van der Waals surface area contributed by atoms with Crippen LogP contribution in [0.25, 0.3) is 0 Å². The zero-order valence-corrected chi connectivity index (χ0v) is 19.5. The lowest BCUT2D eigenvalue weighted by molar-refractivity contribution is 0.460. The van der Waals surface area contributed by atoms with Gasteiger partial charge in [-0.15, -0.1) is 35.3 Å². The Kier molecular flexibility index (Phi) is 9.54. The first kappa shape index (κ1) is 22.1. The van der Waals surface area contributed by atoms with Gasteiger partial charge in [-0.2, -0.15) is 0 Å². The predicted octanol–water partition coefficient (Wildman–Crippen LogP) is 4.40. The van der Waals surface area contributed by atoms with Crippen LogP contribution in [0.5, 0.6) is 0 Å². The maximum absolute atomic E-state index is 4.86. The van der Waals surface area contributed by atoms with E-state index in [2.05, 4.69) is 64.8 Å². The number of hydrogen-bond acceptors (Lipinski definition) is 3. The number of aromatic nitrogens is 1. The first-order valence-electron chi connectivity index (χ1n) is 9.79. The maximum Gasteiger partial charge on any atom is 0.193 e. The standard InChI is InChI=1S/C21H30N4S.HI/c1-3-20-24-19(16-26-20)10-12-23-21(22-4-2)25-13-11-18(15-25)14-17-8-6-5-7-9-17;/h5-9,16,18H,3-4,10-15H2,1-2H3,(H,22,23);1H. The van der Waals surface area contributed by atoms with Crippen molar-refractivity contribution < 1.29 is 0 Å². The van der Waals surface area contributed by atoms with Gasteiger partial charge in [-0.3, -0.25) is 4.99 Å². The molecule has 148 valence electrons. The number of rotatable bonds is 7. The molecule has 1 N–H and O–H groups in total. The maximum atomic E-state index is 4.86. The normalized spacial score (nSPS) is 17.0. The summed E-state index contributed by atoms with van der Waals surface area (Å²) in [6.45, 7) is 8.20. The lowest BCUT2D eigenvalue weighted by Gasteiger charge is -2.21. The van der Waals surface area contributed by atoms with Gasteiger partial charge in [0, 0.05) is 38.0 Å². The summed E-state index contributed by atoms with van der Waals surface area (Å²) in [6, 6.07) is 10.8. The summed E-state index contributed by atoms with van der Waals surface area (Å²) in [5.41, 5.74) is 2.62. The molecule has 0 amide bonds. The highest BCUT2D eigenvalue weighted by atomic mass is 127.